The fourth-order valence-corrected chi connectivity index (χ4v) is 4.04. The van der Waals surface area contributed by atoms with Crippen molar-refractivity contribution in [1.29, 1.82) is 0 Å². The summed E-state index contributed by atoms with van der Waals surface area (Å²) < 4.78 is 5.57. The third-order valence-corrected chi connectivity index (χ3v) is 5.65. The van der Waals surface area contributed by atoms with Gasteiger partial charge in [0.15, 0.2) is 5.11 Å². The number of thiocarbonyl (C=S) groups is 1. The van der Waals surface area contributed by atoms with E-state index < -0.39 is 6.04 Å². The number of benzene rings is 3. The number of halogens is 1. The summed E-state index contributed by atoms with van der Waals surface area (Å²) in [5.41, 5.74) is 4.48. The van der Waals surface area contributed by atoms with Gasteiger partial charge in [0, 0.05) is 16.3 Å². The minimum absolute atomic E-state index is 0.262. The summed E-state index contributed by atoms with van der Waals surface area (Å²) >= 11 is 11.8. The number of aryl methyl sites for hydroxylation is 1. The lowest BCUT2D eigenvalue weighted by Gasteiger charge is -2.32. The molecule has 0 fully saturated rings. The molecule has 1 aliphatic rings. The van der Waals surface area contributed by atoms with Crippen molar-refractivity contribution in [2.75, 3.05) is 12.4 Å². The quantitative estimate of drug-likeness (QED) is 0.452. The predicted molar refractivity (Wildman–Crippen MR) is 133 cm³/mol. The summed E-state index contributed by atoms with van der Waals surface area (Å²) in [7, 11) is 1.58. The van der Waals surface area contributed by atoms with Crippen molar-refractivity contribution >= 4 is 46.2 Å². The summed E-state index contributed by atoms with van der Waals surface area (Å²) in [6.45, 7) is 2.00. The van der Waals surface area contributed by atoms with Crippen LogP contribution >= 0.6 is 23.8 Å². The first kappa shape index (κ1) is 21.9. The van der Waals surface area contributed by atoms with Crippen LogP contribution in [-0.4, -0.2) is 18.1 Å². The number of ether oxygens (including phenoxy) is 1. The molecular weight excluding hydrogens is 442 g/mol. The lowest BCUT2D eigenvalue weighted by Crippen LogP contribution is -2.45. The molecule has 1 amide bonds. The van der Waals surface area contributed by atoms with Crippen LogP contribution in [0.2, 0.25) is 5.02 Å². The van der Waals surface area contributed by atoms with Crippen LogP contribution in [-0.2, 0) is 4.79 Å². The SMILES string of the molecule is COc1ccc(Cl)cc1C1NC(=S)NC(c2ccccc2)=C1C(=O)Nc1ccc(C)cc1. The molecule has 3 N–H and O–H groups in total. The Morgan fingerprint density at radius 1 is 1.06 bits per heavy atom. The van der Waals surface area contributed by atoms with E-state index in [9.17, 15) is 4.79 Å². The van der Waals surface area contributed by atoms with E-state index in [1.165, 1.54) is 0 Å². The molecule has 0 radical (unpaired) electrons. The molecule has 0 saturated heterocycles. The number of carbonyl (C=O) groups excluding carboxylic acids is 1. The molecule has 162 valence electrons. The second kappa shape index (κ2) is 9.42. The van der Waals surface area contributed by atoms with Crippen LogP contribution in [0.5, 0.6) is 5.75 Å². The molecule has 1 heterocycles. The number of nitrogens with one attached hydrogen (secondary N) is 3. The van der Waals surface area contributed by atoms with Crippen LogP contribution in [0.4, 0.5) is 5.69 Å². The van der Waals surface area contributed by atoms with E-state index >= 15 is 0 Å². The fourth-order valence-electron chi connectivity index (χ4n) is 3.64. The number of hydrogen-bond donors (Lipinski definition) is 3. The molecule has 0 bridgehead atoms. The molecule has 7 heteroatoms. The molecule has 4 rings (SSSR count). The lowest BCUT2D eigenvalue weighted by molar-refractivity contribution is -0.113. The Labute approximate surface area is 197 Å². The summed E-state index contributed by atoms with van der Waals surface area (Å²) in [6.07, 6.45) is 0. The molecule has 1 aliphatic heterocycles. The Morgan fingerprint density at radius 2 is 1.78 bits per heavy atom. The van der Waals surface area contributed by atoms with E-state index in [0.29, 0.717) is 38.4 Å². The van der Waals surface area contributed by atoms with Gasteiger partial charge in [0.25, 0.3) is 5.91 Å². The molecule has 3 aromatic carbocycles. The number of hydrogen-bond acceptors (Lipinski definition) is 3. The maximum absolute atomic E-state index is 13.6. The maximum atomic E-state index is 13.6. The maximum Gasteiger partial charge on any atom is 0.256 e. The molecular formula is C25H22ClN3O2S. The van der Waals surface area contributed by atoms with Gasteiger partial charge in [0.2, 0.25) is 0 Å². The third-order valence-electron chi connectivity index (χ3n) is 5.19. The second-order valence-electron chi connectivity index (χ2n) is 7.39. The van der Waals surface area contributed by atoms with E-state index in [1.54, 1.807) is 25.3 Å². The van der Waals surface area contributed by atoms with Gasteiger partial charge in [0.05, 0.1) is 24.4 Å². The van der Waals surface area contributed by atoms with Crippen LogP contribution in [0, 0.1) is 6.92 Å². The van der Waals surface area contributed by atoms with Gasteiger partial charge in [-0.1, -0.05) is 59.6 Å². The molecule has 32 heavy (non-hydrogen) atoms. The van der Waals surface area contributed by atoms with Crippen molar-refractivity contribution in [3.63, 3.8) is 0 Å². The molecule has 0 aromatic heterocycles. The van der Waals surface area contributed by atoms with Crippen LogP contribution in [0.15, 0.2) is 78.4 Å². The largest absolute Gasteiger partial charge is 0.496 e. The Hall–Kier alpha value is -3.35. The predicted octanol–water partition coefficient (Wildman–Crippen LogP) is 5.23. The van der Waals surface area contributed by atoms with Gasteiger partial charge in [-0.05, 0) is 55.0 Å². The first-order valence-electron chi connectivity index (χ1n) is 10.0. The summed E-state index contributed by atoms with van der Waals surface area (Å²) in [5, 5.41) is 10.3. The van der Waals surface area contributed by atoms with Gasteiger partial charge in [-0.25, -0.2) is 0 Å². The van der Waals surface area contributed by atoms with Gasteiger partial charge in [-0.15, -0.1) is 0 Å². The molecule has 3 aromatic rings. The highest BCUT2D eigenvalue weighted by molar-refractivity contribution is 7.80. The Balaban J connectivity index is 1.87. The minimum Gasteiger partial charge on any atom is -0.496 e. The van der Waals surface area contributed by atoms with Crippen molar-refractivity contribution < 1.29 is 9.53 Å². The number of rotatable bonds is 5. The second-order valence-corrected chi connectivity index (χ2v) is 8.24. The van der Waals surface area contributed by atoms with Gasteiger partial charge in [-0.3, -0.25) is 4.79 Å². The zero-order valence-electron chi connectivity index (χ0n) is 17.6. The Bertz CT molecular complexity index is 1190. The molecule has 0 spiro atoms. The van der Waals surface area contributed by atoms with Gasteiger partial charge in [-0.2, -0.15) is 0 Å². The Kier molecular flexibility index (Phi) is 6.44. The minimum atomic E-state index is -0.571. The summed E-state index contributed by atoms with van der Waals surface area (Å²) in [4.78, 5) is 13.6. The Morgan fingerprint density at radius 3 is 2.47 bits per heavy atom. The van der Waals surface area contributed by atoms with E-state index in [1.807, 2.05) is 61.5 Å². The molecule has 5 nitrogen and oxygen atoms in total. The highest BCUT2D eigenvalue weighted by atomic mass is 35.5. The smallest absolute Gasteiger partial charge is 0.256 e. The number of methoxy groups -OCH3 is 1. The van der Waals surface area contributed by atoms with E-state index in [-0.39, 0.29) is 5.91 Å². The fraction of sp³-hybridized carbons (Fsp3) is 0.120. The van der Waals surface area contributed by atoms with E-state index in [0.717, 1.165) is 11.1 Å². The summed E-state index contributed by atoms with van der Waals surface area (Å²) in [5.74, 6) is 0.340. The monoisotopic (exact) mass is 463 g/mol. The van der Waals surface area contributed by atoms with Gasteiger partial charge < -0.3 is 20.7 Å². The van der Waals surface area contributed by atoms with Gasteiger partial charge in [0.1, 0.15) is 5.75 Å². The van der Waals surface area contributed by atoms with E-state index in [4.69, 9.17) is 28.6 Å². The average Bonchev–Trinajstić information content (AvgIpc) is 2.80. The van der Waals surface area contributed by atoms with Crippen molar-refractivity contribution in [1.82, 2.24) is 10.6 Å². The van der Waals surface area contributed by atoms with Crippen LogP contribution < -0.4 is 20.7 Å². The van der Waals surface area contributed by atoms with Gasteiger partial charge >= 0.3 is 0 Å². The zero-order chi connectivity index (χ0) is 22.7. The van der Waals surface area contributed by atoms with E-state index in [2.05, 4.69) is 16.0 Å². The van der Waals surface area contributed by atoms with Crippen molar-refractivity contribution in [2.45, 2.75) is 13.0 Å². The van der Waals surface area contributed by atoms with Crippen molar-refractivity contribution in [2.24, 2.45) is 0 Å². The third kappa shape index (κ3) is 4.61. The highest BCUT2D eigenvalue weighted by Crippen LogP contribution is 2.37. The lowest BCUT2D eigenvalue weighted by atomic mass is 9.91. The number of amides is 1. The van der Waals surface area contributed by atoms with Crippen molar-refractivity contribution in [3.05, 3.63) is 100 Å². The standard InChI is InChI=1S/C25H22ClN3O2S/c1-15-8-11-18(12-9-15)27-24(30)21-22(16-6-4-3-5-7-16)28-25(32)29-23(21)19-14-17(26)10-13-20(19)31-2/h3-14,23H,1-2H3,(H,27,30)(H2,28,29,32). The molecule has 0 aliphatic carbocycles. The highest BCUT2D eigenvalue weighted by Gasteiger charge is 2.34. The van der Waals surface area contributed by atoms with Crippen LogP contribution in [0.3, 0.4) is 0 Å². The first-order valence-corrected chi connectivity index (χ1v) is 10.8. The molecule has 1 atom stereocenters. The van der Waals surface area contributed by atoms with Crippen LogP contribution in [0.25, 0.3) is 5.70 Å². The zero-order valence-corrected chi connectivity index (χ0v) is 19.2. The topological polar surface area (TPSA) is 62.4 Å². The number of anilines is 1. The number of carbonyl (C=O) groups is 1. The van der Waals surface area contributed by atoms with Crippen LogP contribution in [0.1, 0.15) is 22.7 Å². The first-order chi connectivity index (χ1) is 15.5. The summed E-state index contributed by atoms with van der Waals surface area (Å²) in [6, 6.07) is 22.0. The molecule has 1 unspecified atom stereocenters. The average molecular weight is 464 g/mol. The molecule has 0 saturated carbocycles. The van der Waals surface area contributed by atoms with Crippen molar-refractivity contribution in [3.8, 4) is 5.75 Å². The normalized spacial score (nSPS) is 15.6.